The van der Waals surface area contributed by atoms with Crippen LogP contribution in [0.15, 0.2) is 43.0 Å². The van der Waals surface area contributed by atoms with E-state index in [2.05, 4.69) is 15.0 Å². The first-order valence-electron chi connectivity index (χ1n) is 8.89. The number of hydrogen-bond donors (Lipinski definition) is 4. The van der Waals surface area contributed by atoms with Gasteiger partial charge in [-0.05, 0) is 5.56 Å². The van der Waals surface area contributed by atoms with E-state index in [4.69, 9.17) is 20.9 Å². The number of nitrogen functional groups attached to an aromatic ring is 1. The van der Waals surface area contributed by atoms with Crippen LogP contribution in [0.25, 0.3) is 11.2 Å². The quantitative estimate of drug-likeness (QED) is 0.448. The van der Waals surface area contributed by atoms with E-state index < -0.39 is 24.5 Å². The van der Waals surface area contributed by atoms with Crippen LogP contribution in [0.3, 0.4) is 0 Å². The van der Waals surface area contributed by atoms with E-state index in [9.17, 15) is 10.2 Å². The lowest BCUT2D eigenvalue weighted by Gasteiger charge is -2.17. The fraction of sp³-hybridized carbons (Fsp3) is 0.389. The minimum Gasteiger partial charge on any atom is -0.387 e. The summed E-state index contributed by atoms with van der Waals surface area (Å²) in [6, 6.07) is 9.29. The summed E-state index contributed by atoms with van der Waals surface area (Å²) in [7, 11) is 0. The van der Waals surface area contributed by atoms with E-state index in [1.54, 1.807) is 0 Å². The molecule has 0 bridgehead atoms. The number of hydrogen-bond acceptors (Lipinski definition) is 9. The maximum atomic E-state index is 10.4. The maximum Gasteiger partial charge on any atom is 0.167 e. The highest BCUT2D eigenvalue weighted by molar-refractivity contribution is 5.81. The number of ether oxygens (including phenoxy) is 2. The topological polar surface area (TPSA) is 155 Å². The van der Waals surface area contributed by atoms with Crippen molar-refractivity contribution in [1.82, 2.24) is 19.5 Å². The smallest absolute Gasteiger partial charge is 0.167 e. The van der Waals surface area contributed by atoms with E-state index in [0.29, 0.717) is 11.2 Å². The molecule has 3 heterocycles. The van der Waals surface area contributed by atoms with Gasteiger partial charge in [0, 0.05) is 0 Å². The summed E-state index contributed by atoms with van der Waals surface area (Å²) >= 11 is 0. The zero-order chi connectivity index (χ0) is 19.7. The van der Waals surface area contributed by atoms with Crippen LogP contribution in [0.4, 0.5) is 5.82 Å². The SMILES string of the molecule is Nc1ncnc2c1ncn2[C@@H]1O[C@H](COCC(N)c2ccccc2)[C@@H](O)[C@H]1O. The Morgan fingerprint density at radius 3 is 2.71 bits per heavy atom. The molecule has 0 radical (unpaired) electrons. The fourth-order valence-electron chi connectivity index (χ4n) is 3.26. The summed E-state index contributed by atoms with van der Waals surface area (Å²) in [6.45, 7) is 0.341. The third-order valence-electron chi connectivity index (χ3n) is 4.81. The van der Waals surface area contributed by atoms with E-state index in [0.717, 1.165) is 5.56 Å². The monoisotopic (exact) mass is 386 g/mol. The maximum absolute atomic E-state index is 10.4. The van der Waals surface area contributed by atoms with Gasteiger partial charge in [0.1, 0.15) is 30.2 Å². The number of imidazole rings is 1. The van der Waals surface area contributed by atoms with Gasteiger partial charge in [0.2, 0.25) is 0 Å². The first-order chi connectivity index (χ1) is 13.6. The Bertz CT molecular complexity index is 936. The number of nitrogens with zero attached hydrogens (tertiary/aromatic N) is 4. The van der Waals surface area contributed by atoms with E-state index in [1.165, 1.54) is 17.2 Å². The molecular weight excluding hydrogens is 364 g/mol. The normalized spacial score (nSPS) is 26.0. The Morgan fingerprint density at radius 1 is 1.14 bits per heavy atom. The summed E-state index contributed by atoms with van der Waals surface area (Å²) in [6.07, 6.45) is -1.14. The molecule has 0 spiro atoms. The predicted octanol–water partition coefficient (Wildman–Crippen LogP) is -0.256. The average molecular weight is 386 g/mol. The van der Waals surface area contributed by atoms with Crippen LogP contribution >= 0.6 is 0 Å². The van der Waals surface area contributed by atoms with Crippen molar-refractivity contribution in [3.63, 3.8) is 0 Å². The highest BCUT2D eigenvalue weighted by Crippen LogP contribution is 2.32. The number of benzene rings is 1. The lowest BCUT2D eigenvalue weighted by Crippen LogP contribution is -2.34. The number of aliphatic hydroxyl groups excluding tert-OH is 2. The Labute approximate surface area is 160 Å². The van der Waals surface area contributed by atoms with Crippen LogP contribution in [0.2, 0.25) is 0 Å². The van der Waals surface area contributed by atoms with E-state index in [1.807, 2.05) is 30.3 Å². The minimum absolute atomic E-state index is 0.0824. The Kier molecular flexibility index (Phi) is 5.20. The third kappa shape index (κ3) is 3.43. The zero-order valence-corrected chi connectivity index (χ0v) is 15.0. The second-order valence-electron chi connectivity index (χ2n) is 6.68. The van der Waals surface area contributed by atoms with Crippen molar-refractivity contribution in [2.45, 2.75) is 30.6 Å². The highest BCUT2D eigenvalue weighted by atomic mass is 16.6. The van der Waals surface area contributed by atoms with Crippen LogP contribution in [0.5, 0.6) is 0 Å². The van der Waals surface area contributed by atoms with Gasteiger partial charge in [-0.1, -0.05) is 30.3 Å². The number of aromatic nitrogens is 4. The van der Waals surface area contributed by atoms with Crippen LogP contribution in [0, 0.1) is 0 Å². The van der Waals surface area contributed by atoms with Gasteiger partial charge in [-0.25, -0.2) is 15.0 Å². The Balaban J connectivity index is 1.41. The molecule has 1 aromatic carbocycles. The molecule has 0 saturated carbocycles. The summed E-state index contributed by atoms with van der Waals surface area (Å²) < 4.78 is 13.0. The van der Waals surface area contributed by atoms with Crippen molar-refractivity contribution in [3.8, 4) is 0 Å². The molecule has 5 atom stereocenters. The molecule has 1 aliphatic rings. The third-order valence-corrected chi connectivity index (χ3v) is 4.81. The molecule has 1 saturated heterocycles. The van der Waals surface area contributed by atoms with Crippen LogP contribution < -0.4 is 11.5 Å². The molecule has 2 aromatic heterocycles. The molecule has 0 amide bonds. The van der Waals surface area contributed by atoms with Crippen molar-refractivity contribution < 1.29 is 19.7 Å². The fourth-order valence-corrected chi connectivity index (χ4v) is 3.26. The largest absolute Gasteiger partial charge is 0.387 e. The molecule has 148 valence electrons. The van der Waals surface area contributed by atoms with E-state index >= 15 is 0 Å². The molecule has 1 fully saturated rings. The number of aliphatic hydroxyl groups is 2. The molecule has 0 aliphatic carbocycles. The lowest BCUT2D eigenvalue weighted by atomic mass is 10.1. The first kappa shape index (κ1) is 18.7. The number of anilines is 1. The number of rotatable bonds is 6. The molecule has 10 heteroatoms. The average Bonchev–Trinajstić information content (AvgIpc) is 3.26. The van der Waals surface area contributed by atoms with Gasteiger partial charge in [-0.3, -0.25) is 4.57 Å². The molecule has 28 heavy (non-hydrogen) atoms. The molecule has 4 rings (SSSR count). The molecule has 3 aromatic rings. The molecule has 10 nitrogen and oxygen atoms in total. The lowest BCUT2D eigenvalue weighted by molar-refractivity contribution is -0.0668. The van der Waals surface area contributed by atoms with Crippen LogP contribution in [-0.2, 0) is 9.47 Å². The molecular formula is C18H22N6O4. The second-order valence-corrected chi connectivity index (χ2v) is 6.68. The van der Waals surface area contributed by atoms with Gasteiger partial charge in [0.05, 0.1) is 25.6 Å². The Morgan fingerprint density at radius 2 is 1.93 bits per heavy atom. The zero-order valence-electron chi connectivity index (χ0n) is 15.0. The van der Waals surface area contributed by atoms with Crippen molar-refractivity contribution in [1.29, 1.82) is 0 Å². The minimum atomic E-state index is -1.18. The van der Waals surface area contributed by atoms with Gasteiger partial charge >= 0.3 is 0 Å². The first-order valence-corrected chi connectivity index (χ1v) is 8.89. The van der Waals surface area contributed by atoms with Gasteiger partial charge in [0.15, 0.2) is 17.7 Å². The summed E-state index contributed by atoms with van der Waals surface area (Å²) in [5.41, 5.74) is 13.7. The van der Waals surface area contributed by atoms with Crippen LogP contribution in [0.1, 0.15) is 17.8 Å². The summed E-state index contributed by atoms with van der Waals surface area (Å²) in [5, 5.41) is 20.8. The van der Waals surface area contributed by atoms with E-state index in [-0.39, 0.29) is 25.1 Å². The van der Waals surface area contributed by atoms with Gasteiger partial charge < -0.3 is 31.2 Å². The van der Waals surface area contributed by atoms with Crippen molar-refractivity contribution in [2.24, 2.45) is 5.73 Å². The van der Waals surface area contributed by atoms with Crippen LogP contribution in [-0.4, -0.2) is 61.3 Å². The molecule has 6 N–H and O–H groups in total. The van der Waals surface area contributed by atoms with Crippen molar-refractivity contribution in [2.75, 3.05) is 18.9 Å². The van der Waals surface area contributed by atoms with Gasteiger partial charge in [-0.2, -0.15) is 0 Å². The summed E-state index contributed by atoms with van der Waals surface area (Å²) in [5.74, 6) is 0.228. The number of nitrogens with two attached hydrogens (primary N) is 2. The van der Waals surface area contributed by atoms with Crippen molar-refractivity contribution in [3.05, 3.63) is 48.5 Å². The molecule has 1 aliphatic heterocycles. The Hall–Kier alpha value is -2.63. The number of fused-ring (bicyclic) bond motifs is 1. The van der Waals surface area contributed by atoms with Gasteiger partial charge in [-0.15, -0.1) is 0 Å². The molecule has 1 unspecified atom stereocenters. The second kappa shape index (κ2) is 7.78. The van der Waals surface area contributed by atoms with Crippen molar-refractivity contribution >= 4 is 17.0 Å². The summed E-state index contributed by atoms with van der Waals surface area (Å²) in [4.78, 5) is 12.2. The van der Waals surface area contributed by atoms with Gasteiger partial charge in [0.25, 0.3) is 0 Å². The highest BCUT2D eigenvalue weighted by Gasteiger charge is 2.44. The predicted molar refractivity (Wildman–Crippen MR) is 99.8 cm³/mol. The standard InChI is InChI=1S/C18H22N6O4/c19-11(10-4-2-1-3-5-10)6-27-7-12-14(25)15(26)18(28-12)24-9-23-13-16(20)21-8-22-17(13)24/h1-5,8-9,11-12,14-15,18,25-26H,6-7,19H2,(H2,20,21,22)/t11?,12-,14-,15-,18-/m1/s1.